The molecule has 0 heterocycles. The Morgan fingerprint density at radius 1 is 0.806 bits per heavy atom. The molecule has 2 rings (SSSR count). The van der Waals surface area contributed by atoms with Crippen LogP contribution in [-0.2, 0) is 196 Å². The van der Waals surface area contributed by atoms with Crippen molar-refractivity contribution in [3.05, 3.63) is 19.3 Å². The van der Waals surface area contributed by atoms with E-state index in [1.165, 1.54) is 38.5 Å². The molecule has 2 fully saturated rings. The van der Waals surface area contributed by atoms with E-state index in [1.54, 1.807) is 0 Å². The van der Waals surface area contributed by atoms with Crippen molar-refractivity contribution >= 4 is 0 Å². The van der Waals surface area contributed by atoms with Crippen LogP contribution in [0.1, 0.15) is 99.8 Å². The maximum Gasteiger partial charge on any atom is 0.0250 e. The summed E-state index contributed by atoms with van der Waals surface area (Å²) in [5, 5.41) is 9.00. The largest absolute Gasteiger partial charge is 0.396 e. The van der Waals surface area contributed by atoms with Gasteiger partial charge in [0.2, 0.25) is 0 Å². The summed E-state index contributed by atoms with van der Waals surface area (Å²) in [6.07, 6.45) is 16.9. The second kappa shape index (κ2) is 36.6. The summed E-state index contributed by atoms with van der Waals surface area (Å²) in [6.45, 7) is 15.8. The Labute approximate surface area is 348 Å². The van der Waals surface area contributed by atoms with Gasteiger partial charge in [-0.05, 0) is 0 Å². The van der Waals surface area contributed by atoms with Gasteiger partial charge in [0.25, 0.3) is 0 Å². The number of aliphatic hydroxyl groups excluding tert-OH is 1. The Hall–Kier alpha value is 6.58. The van der Waals surface area contributed by atoms with Crippen LogP contribution < -0.4 is 0 Å². The summed E-state index contributed by atoms with van der Waals surface area (Å²) in [7, 11) is 0. The van der Waals surface area contributed by atoms with Crippen molar-refractivity contribution in [2.45, 2.75) is 106 Å². The van der Waals surface area contributed by atoms with Gasteiger partial charge in [0.1, 0.15) is 0 Å². The van der Waals surface area contributed by atoms with Gasteiger partial charge in [0.05, 0.1) is 0 Å². The molecule has 0 amide bonds. The fourth-order valence-electron chi connectivity index (χ4n) is 3.36. The van der Waals surface area contributed by atoms with Gasteiger partial charge in [-0.2, -0.15) is 37.0 Å². The predicted molar refractivity (Wildman–Crippen MR) is 113 cm³/mol. The minimum absolute atomic E-state index is 0. The molecule has 31 heavy (non-hydrogen) atoms. The molecule has 0 saturated heterocycles. The molecule has 2 aliphatic carbocycles. The van der Waals surface area contributed by atoms with E-state index in [-0.39, 0.29) is 202 Å². The molecule has 0 spiro atoms. The summed E-state index contributed by atoms with van der Waals surface area (Å²) in [6, 6.07) is 0. The molecule has 2 aliphatic rings. The van der Waals surface area contributed by atoms with Crippen LogP contribution in [0, 0.1) is 48.9 Å². The average molecular weight is 885 g/mol. The second-order valence-corrected chi connectivity index (χ2v) is 8.76. The maximum atomic E-state index is 9.00. The molecule has 0 aromatic rings. The number of hydrogen-bond donors (Lipinski definition) is 1. The normalized spacial score (nSPS) is 23.9. The van der Waals surface area contributed by atoms with Crippen molar-refractivity contribution in [2.75, 3.05) is 0 Å². The predicted octanol–water partition coefficient (Wildman–Crippen LogP) is 7.29. The molecule has 6 radical (unpaired) electrons. The smallest absolute Gasteiger partial charge is 0.0250 e. The number of rotatable bonds is 6. The van der Waals surface area contributed by atoms with Crippen LogP contribution in [0.15, 0.2) is 0 Å². The topological polar surface area (TPSA) is 20.2 Å². The van der Waals surface area contributed by atoms with Crippen LogP contribution in [0.5, 0.6) is 0 Å². The van der Waals surface area contributed by atoms with Crippen LogP contribution >= 0.6 is 0 Å². The third-order valence-corrected chi connectivity index (χ3v) is 5.60. The first-order valence-electron chi connectivity index (χ1n) is 11.0. The summed E-state index contributed by atoms with van der Waals surface area (Å²) >= 11 is 0. The second-order valence-electron chi connectivity index (χ2n) is 8.76. The van der Waals surface area contributed by atoms with Gasteiger partial charge >= 0.3 is 0 Å². The monoisotopic (exact) mass is 885 g/mol. The van der Waals surface area contributed by atoms with Crippen molar-refractivity contribution in [3.63, 3.8) is 0 Å². The van der Waals surface area contributed by atoms with Crippen LogP contribution in [-0.4, -0.2) is 11.2 Å². The minimum Gasteiger partial charge on any atom is -0.396 e. The minimum atomic E-state index is -0.0278. The van der Waals surface area contributed by atoms with E-state index in [1.807, 2.05) is 0 Å². The summed E-state index contributed by atoms with van der Waals surface area (Å²) in [4.78, 5) is 0. The van der Waals surface area contributed by atoms with Crippen LogP contribution in [0.3, 0.4) is 0 Å². The van der Waals surface area contributed by atoms with Crippen LogP contribution in [0.2, 0.25) is 0 Å². The Bertz CT molecular complexity index is 288. The molecule has 7 heteroatoms. The molecule has 0 bridgehead atoms. The zero-order valence-electron chi connectivity index (χ0n) is 21.8. The quantitative estimate of drug-likeness (QED) is 0.279. The maximum absolute atomic E-state index is 9.00. The molecule has 5 atom stereocenters. The summed E-state index contributed by atoms with van der Waals surface area (Å²) in [5.41, 5.74) is 0. The van der Waals surface area contributed by atoms with Gasteiger partial charge in [0, 0.05) is 202 Å². The average Bonchev–Trinajstić information content (AvgIpc) is 3.21. The first kappa shape index (κ1) is 53.8. The number of hydrogen-bond acceptors (Lipinski definition) is 1. The molecule has 1 nitrogen and oxygen atoms in total. The number of aliphatic hydroxyl groups is 1. The van der Waals surface area contributed by atoms with Gasteiger partial charge in [-0.1, -0.05) is 92.4 Å². The van der Waals surface area contributed by atoms with Crippen molar-refractivity contribution in [1.29, 1.82) is 0 Å². The molecule has 0 aliphatic heterocycles. The Morgan fingerprint density at radius 2 is 1.26 bits per heavy atom. The van der Waals surface area contributed by atoms with Crippen LogP contribution in [0.4, 0.5) is 0 Å². The van der Waals surface area contributed by atoms with E-state index in [4.69, 9.17) is 5.11 Å². The fraction of sp³-hybridized carbons (Fsp3) is 0.875. The molecule has 170 valence electrons. The Morgan fingerprint density at radius 3 is 1.48 bits per heavy atom. The summed E-state index contributed by atoms with van der Waals surface area (Å²) in [5.74, 6) is 4.27. The van der Waals surface area contributed by atoms with E-state index >= 15 is 0 Å². The van der Waals surface area contributed by atoms with Crippen molar-refractivity contribution < 1.29 is 201 Å². The molecule has 1 N–H and O–H groups in total. The molecule has 0 aromatic carbocycles. The molecule has 3 unspecified atom stereocenters. The Kier molecular flexibility index (Phi) is 63.5. The summed E-state index contributed by atoms with van der Waals surface area (Å²) < 4.78 is 0. The van der Waals surface area contributed by atoms with E-state index in [0.29, 0.717) is 5.92 Å². The third-order valence-electron chi connectivity index (χ3n) is 5.60. The SMILES string of the molecule is CCC(C)[CH-]CC(C)C.CC[C@@H]1[CH-]CC(C)C1.CC[C@@H]1[CH-]CC(O)C1.[Y].[Y].[Y].[Y].[Y].[Y]. The van der Waals surface area contributed by atoms with E-state index in [9.17, 15) is 0 Å². The molecular weight excluding hydrogens is 838 g/mol. The Balaban J connectivity index is -0.0000000508. The van der Waals surface area contributed by atoms with Crippen LogP contribution in [0.25, 0.3) is 0 Å². The van der Waals surface area contributed by atoms with Crippen molar-refractivity contribution in [1.82, 2.24) is 0 Å². The van der Waals surface area contributed by atoms with Crippen molar-refractivity contribution in [3.8, 4) is 0 Å². The van der Waals surface area contributed by atoms with E-state index in [2.05, 4.69) is 67.7 Å². The molecule has 0 aromatic heterocycles. The first-order chi connectivity index (χ1) is 11.8. The molecular formula is C24H47OY6-3. The zero-order valence-corrected chi connectivity index (χ0v) is 38.8. The standard InChI is InChI=1S/C9H19.C8H15.C7H13O.6Y/c1-5-9(4)7-6-8(2)3;1-3-8-5-4-7(2)6-8;1-2-6-3-4-7(8)5-6;;;;;;/h7-9H,5-6H2,1-4H3;5,7-8H,3-4,6H2,1-2H3;3,6-8H,2,4-5H2,1H3;;;;;;/q3*-1;;;;;;/t;7?,8-;6-,7?;;;;;;/m.11....../s1. The van der Waals surface area contributed by atoms with Gasteiger partial charge in [-0.3, -0.25) is 0 Å². The van der Waals surface area contributed by atoms with Crippen molar-refractivity contribution in [2.24, 2.45) is 29.6 Å². The zero-order chi connectivity index (χ0) is 19.2. The van der Waals surface area contributed by atoms with E-state index in [0.717, 1.165) is 36.5 Å². The fourth-order valence-corrected chi connectivity index (χ4v) is 3.36. The van der Waals surface area contributed by atoms with Gasteiger partial charge in [-0.15, -0.1) is 0 Å². The molecule has 2 saturated carbocycles. The third kappa shape index (κ3) is 34.6. The van der Waals surface area contributed by atoms with Gasteiger partial charge < -0.3 is 24.4 Å². The first-order valence-corrected chi connectivity index (χ1v) is 11.0. The van der Waals surface area contributed by atoms with E-state index < -0.39 is 0 Å². The van der Waals surface area contributed by atoms with Gasteiger partial charge in [-0.25, -0.2) is 0 Å². The van der Waals surface area contributed by atoms with Gasteiger partial charge in [0.15, 0.2) is 0 Å².